The highest BCUT2D eigenvalue weighted by Crippen LogP contribution is 2.23. The molecule has 0 amide bonds. The second-order valence-corrected chi connectivity index (χ2v) is 4.50. The van der Waals surface area contributed by atoms with E-state index in [1.54, 1.807) is 0 Å². The van der Waals surface area contributed by atoms with Gasteiger partial charge in [0.05, 0.1) is 6.54 Å². The van der Waals surface area contributed by atoms with Crippen LogP contribution in [0.1, 0.15) is 5.56 Å². The van der Waals surface area contributed by atoms with Gasteiger partial charge in [-0.05, 0) is 12.1 Å². The first-order chi connectivity index (χ1) is 8.33. The monoisotopic (exact) mass is 303 g/mol. The fourth-order valence-electron chi connectivity index (χ4n) is 1.49. The Balaban J connectivity index is 2.83. The summed E-state index contributed by atoms with van der Waals surface area (Å²) in [4.78, 5) is 1.01. The van der Waals surface area contributed by atoms with Crippen LogP contribution in [0.2, 0.25) is 5.02 Å². The van der Waals surface area contributed by atoms with Crippen molar-refractivity contribution in [3.63, 3.8) is 0 Å². The average Bonchev–Trinajstić information content (AvgIpc) is 2.21. The third-order valence-corrected chi connectivity index (χ3v) is 2.77. The number of rotatable bonds is 5. The summed E-state index contributed by atoms with van der Waals surface area (Å²) in [6, 6.07) is 4.00. The van der Waals surface area contributed by atoms with Crippen LogP contribution in [0, 0.1) is 5.82 Å². The van der Waals surface area contributed by atoms with E-state index in [0.29, 0.717) is 0 Å². The van der Waals surface area contributed by atoms with Crippen LogP contribution < -0.4 is 0 Å². The zero-order chi connectivity index (χ0) is 13.8. The third-order valence-electron chi connectivity index (χ3n) is 2.25. The Labute approximate surface area is 112 Å². The molecule has 1 rings (SSSR count). The predicted molar refractivity (Wildman–Crippen MR) is 63.5 cm³/mol. The first kappa shape index (κ1) is 15.5. The fourth-order valence-corrected chi connectivity index (χ4v) is 1.96. The molecule has 1 nitrogen and oxygen atoms in total. The van der Waals surface area contributed by atoms with E-state index in [0.717, 1.165) is 11.0 Å². The molecule has 0 saturated heterocycles. The van der Waals surface area contributed by atoms with Gasteiger partial charge in [0, 0.05) is 29.6 Å². The van der Waals surface area contributed by atoms with E-state index in [9.17, 15) is 17.6 Å². The van der Waals surface area contributed by atoms with Crippen molar-refractivity contribution in [2.75, 3.05) is 19.0 Å². The summed E-state index contributed by atoms with van der Waals surface area (Å²) in [6.07, 6.45) is -4.36. The van der Waals surface area contributed by atoms with Gasteiger partial charge in [-0.2, -0.15) is 13.2 Å². The lowest BCUT2D eigenvalue weighted by atomic mass is 10.2. The summed E-state index contributed by atoms with van der Waals surface area (Å²) in [6.45, 7) is -1.37. The Kier molecular flexibility index (Phi) is 5.69. The molecule has 0 saturated carbocycles. The molecular weight excluding hydrogens is 293 g/mol. The molecule has 0 aliphatic rings. The van der Waals surface area contributed by atoms with Crippen LogP contribution >= 0.6 is 23.2 Å². The smallest absolute Gasteiger partial charge is 0.289 e. The minimum atomic E-state index is -4.36. The fraction of sp³-hybridized carbons (Fsp3) is 0.455. The van der Waals surface area contributed by atoms with Crippen molar-refractivity contribution in [2.24, 2.45) is 0 Å². The van der Waals surface area contributed by atoms with Crippen LogP contribution in [0.15, 0.2) is 18.2 Å². The molecule has 0 atom stereocenters. The molecule has 1 aromatic carbocycles. The molecular formula is C11H11Cl2F4N. The predicted octanol–water partition coefficient (Wildman–Crippen LogP) is 4.08. The van der Waals surface area contributed by atoms with E-state index >= 15 is 0 Å². The standard InChI is InChI=1S/C11H11Cl2F4N/c12-4-5-18(7-11(15,16)17)6-8-9(13)2-1-3-10(8)14/h1-3H,4-7H2. The SMILES string of the molecule is Fc1cccc(Cl)c1CN(CCCl)CC(F)(F)F. The largest absolute Gasteiger partial charge is 0.401 e. The first-order valence-corrected chi connectivity index (χ1v) is 6.02. The number of hydrogen-bond donors (Lipinski definition) is 0. The first-order valence-electron chi connectivity index (χ1n) is 5.11. The maximum atomic E-state index is 13.5. The van der Waals surface area contributed by atoms with Crippen LogP contribution in [-0.4, -0.2) is 30.0 Å². The summed E-state index contributed by atoms with van der Waals surface area (Å²) in [7, 11) is 0. The van der Waals surface area contributed by atoms with Gasteiger partial charge in [-0.25, -0.2) is 4.39 Å². The Morgan fingerprint density at radius 3 is 2.39 bits per heavy atom. The van der Waals surface area contributed by atoms with Gasteiger partial charge in [0.25, 0.3) is 0 Å². The minimum Gasteiger partial charge on any atom is -0.289 e. The number of hydrogen-bond acceptors (Lipinski definition) is 1. The van der Waals surface area contributed by atoms with Gasteiger partial charge in [0.15, 0.2) is 0 Å². The van der Waals surface area contributed by atoms with Crippen LogP contribution in [0.4, 0.5) is 17.6 Å². The number of alkyl halides is 4. The summed E-state index contributed by atoms with van der Waals surface area (Å²) < 4.78 is 50.4. The molecule has 0 aliphatic carbocycles. The zero-order valence-electron chi connectivity index (χ0n) is 9.28. The summed E-state index contributed by atoms with van der Waals surface area (Å²) in [5.41, 5.74) is 0.0496. The Morgan fingerprint density at radius 1 is 1.22 bits per heavy atom. The molecule has 0 bridgehead atoms. The molecule has 0 N–H and O–H groups in total. The van der Waals surface area contributed by atoms with Crippen LogP contribution in [-0.2, 0) is 6.54 Å². The Bertz CT molecular complexity index is 375. The lowest BCUT2D eigenvalue weighted by molar-refractivity contribution is -0.146. The van der Waals surface area contributed by atoms with Crippen molar-refractivity contribution in [3.05, 3.63) is 34.6 Å². The molecule has 0 radical (unpaired) electrons. The molecule has 0 aliphatic heterocycles. The molecule has 1 aromatic rings. The van der Waals surface area contributed by atoms with Gasteiger partial charge in [0.1, 0.15) is 5.82 Å². The van der Waals surface area contributed by atoms with Gasteiger partial charge in [-0.3, -0.25) is 4.90 Å². The summed E-state index contributed by atoms with van der Waals surface area (Å²) in [5, 5.41) is 0.108. The molecule has 0 aromatic heterocycles. The second kappa shape index (κ2) is 6.59. The number of nitrogens with zero attached hydrogens (tertiary/aromatic N) is 1. The van der Waals surface area contributed by atoms with E-state index in [2.05, 4.69) is 0 Å². The van der Waals surface area contributed by atoms with Gasteiger partial charge in [0.2, 0.25) is 0 Å². The maximum absolute atomic E-state index is 13.5. The number of benzene rings is 1. The third kappa shape index (κ3) is 5.00. The van der Waals surface area contributed by atoms with Crippen LogP contribution in [0.5, 0.6) is 0 Å². The van der Waals surface area contributed by atoms with E-state index in [1.807, 2.05) is 0 Å². The molecule has 7 heteroatoms. The summed E-state index contributed by atoms with van der Waals surface area (Å²) >= 11 is 11.2. The molecule has 0 spiro atoms. The quantitative estimate of drug-likeness (QED) is 0.585. The van der Waals surface area contributed by atoms with E-state index in [-0.39, 0.29) is 29.6 Å². The lowest BCUT2D eigenvalue weighted by Gasteiger charge is -2.23. The topological polar surface area (TPSA) is 3.24 Å². The molecule has 102 valence electrons. The highest BCUT2D eigenvalue weighted by molar-refractivity contribution is 6.31. The van der Waals surface area contributed by atoms with Crippen molar-refractivity contribution >= 4 is 23.2 Å². The molecule has 0 fully saturated rings. The Morgan fingerprint density at radius 2 is 1.89 bits per heavy atom. The van der Waals surface area contributed by atoms with Crippen molar-refractivity contribution in [1.29, 1.82) is 0 Å². The Hall–Kier alpha value is -0.520. The second-order valence-electron chi connectivity index (χ2n) is 3.72. The van der Waals surface area contributed by atoms with Gasteiger partial charge < -0.3 is 0 Å². The minimum absolute atomic E-state index is 0.00568. The van der Waals surface area contributed by atoms with Crippen molar-refractivity contribution < 1.29 is 17.6 Å². The zero-order valence-corrected chi connectivity index (χ0v) is 10.8. The average molecular weight is 304 g/mol. The van der Waals surface area contributed by atoms with E-state index in [4.69, 9.17) is 23.2 Å². The van der Waals surface area contributed by atoms with E-state index in [1.165, 1.54) is 12.1 Å². The molecule has 0 heterocycles. The van der Waals surface area contributed by atoms with Gasteiger partial charge in [-0.15, -0.1) is 11.6 Å². The van der Waals surface area contributed by atoms with Gasteiger partial charge in [-0.1, -0.05) is 17.7 Å². The van der Waals surface area contributed by atoms with Crippen molar-refractivity contribution in [3.8, 4) is 0 Å². The van der Waals surface area contributed by atoms with Crippen LogP contribution in [0.3, 0.4) is 0 Å². The van der Waals surface area contributed by atoms with Crippen LogP contribution in [0.25, 0.3) is 0 Å². The van der Waals surface area contributed by atoms with Crippen molar-refractivity contribution in [2.45, 2.75) is 12.7 Å². The molecule has 18 heavy (non-hydrogen) atoms. The number of halogens is 6. The van der Waals surface area contributed by atoms with E-state index < -0.39 is 18.5 Å². The van der Waals surface area contributed by atoms with Gasteiger partial charge >= 0.3 is 6.18 Å². The highest BCUT2D eigenvalue weighted by Gasteiger charge is 2.31. The summed E-state index contributed by atoms with van der Waals surface area (Å²) in [5.74, 6) is -0.591. The highest BCUT2D eigenvalue weighted by atomic mass is 35.5. The van der Waals surface area contributed by atoms with Crippen molar-refractivity contribution in [1.82, 2.24) is 4.90 Å². The maximum Gasteiger partial charge on any atom is 0.401 e. The molecule has 0 unspecified atom stereocenters. The normalized spacial score (nSPS) is 12.2. The lowest BCUT2D eigenvalue weighted by Crippen LogP contribution is -2.35.